The third kappa shape index (κ3) is 2.24. The lowest BCUT2D eigenvalue weighted by molar-refractivity contribution is 0.0710. The second kappa shape index (κ2) is 3.41. The highest BCUT2D eigenvalue weighted by molar-refractivity contribution is 4.96. The van der Waals surface area contributed by atoms with E-state index in [-0.39, 0.29) is 11.8 Å². The maximum atomic E-state index is 9.12. The summed E-state index contributed by atoms with van der Waals surface area (Å²) in [4.78, 5) is 0. The first kappa shape index (κ1) is 10.1. The summed E-state index contributed by atoms with van der Waals surface area (Å²) >= 11 is 0. The third-order valence-electron chi connectivity index (χ3n) is 1.45. The molecule has 0 spiro atoms. The lowest BCUT2D eigenvalue weighted by Crippen LogP contribution is -2.29. The zero-order chi connectivity index (χ0) is 10.1. The summed E-state index contributed by atoms with van der Waals surface area (Å²) in [6.45, 7) is 2.96. The Balaban J connectivity index is 2.87. The fraction of sp³-hybridized carbons (Fsp3) is 0.714. The normalized spacial score (nSPS) is 14.5. The van der Waals surface area contributed by atoms with E-state index in [2.05, 4.69) is 10.2 Å². The highest BCUT2D eigenvalue weighted by Gasteiger charge is 2.24. The minimum atomic E-state index is -1.14. The molecule has 74 valence electrons. The van der Waals surface area contributed by atoms with Gasteiger partial charge in [0.05, 0.1) is 12.1 Å². The minimum Gasteiger partial charge on any atom is -0.420 e. The van der Waals surface area contributed by atoms with E-state index in [1.54, 1.807) is 13.8 Å². The standard InChI is InChI=1S/C7H13N3O3/c1-7(2,8)6-10-9-5(13-6)4(12)3-11/h4,11-12H,3,8H2,1-2H3. The lowest BCUT2D eigenvalue weighted by atomic mass is 10.1. The summed E-state index contributed by atoms with van der Waals surface area (Å²) in [6.07, 6.45) is -1.14. The lowest BCUT2D eigenvalue weighted by Gasteiger charge is -2.11. The summed E-state index contributed by atoms with van der Waals surface area (Å²) < 4.78 is 5.04. The zero-order valence-corrected chi connectivity index (χ0v) is 7.56. The summed E-state index contributed by atoms with van der Waals surface area (Å²) in [6, 6.07) is 0. The molecule has 0 saturated heterocycles. The molecule has 0 saturated carbocycles. The number of aliphatic hydroxyl groups excluding tert-OH is 2. The van der Waals surface area contributed by atoms with Crippen molar-refractivity contribution in [3.63, 3.8) is 0 Å². The Morgan fingerprint density at radius 1 is 1.54 bits per heavy atom. The van der Waals surface area contributed by atoms with Crippen LogP contribution in [0.5, 0.6) is 0 Å². The number of nitrogens with two attached hydrogens (primary N) is 1. The van der Waals surface area contributed by atoms with Crippen LogP contribution < -0.4 is 5.73 Å². The van der Waals surface area contributed by atoms with E-state index in [0.29, 0.717) is 0 Å². The molecule has 1 aromatic heterocycles. The number of hydrogen-bond donors (Lipinski definition) is 3. The SMILES string of the molecule is CC(C)(N)c1nnc(C(O)CO)o1. The Kier molecular flexibility index (Phi) is 2.65. The Labute approximate surface area is 75.4 Å². The van der Waals surface area contributed by atoms with Gasteiger partial charge in [-0.05, 0) is 13.8 Å². The first-order valence-corrected chi connectivity index (χ1v) is 3.87. The summed E-state index contributed by atoms with van der Waals surface area (Å²) in [5.74, 6) is 0.214. The molecule has 1 atom stereocenters. The number of aliphatic hydroxyl groups is 2. The van der Waals surface area contributed by atoms with Crippen molar-refractivity contribution >= 4 is 0 Å². The fourth-order valence-corrected chi connectivity index (χ4v) is 0.708. The molecule has 0 fully saturated rings. The van der Waals surface area contributed by atoms with Crippen molar-refractivity contribution in [3.8, 4) is 0 Å². The highest BCUT2D eigenvalue weighted by atomic mass is 16.4. The molecule has 0 aromatic carbocycles. The van der Waals surface area contributed by atoms with Crippen LogP contribution in [0.1, 0.15) is 31.7 Å². The van der Waals surface area contributed by atoms with E-state index in [1.807, 2.05) is 0 Å². The van der Waals surface area contributed by atoms with Crippen molar-refractivity contribution in [1.82, 2.24) is 10.2 Å². The molecule has 13 heavy (non-hydrogen) atoms. The first-order chi connectivity index (χ1) is 5.95. The van der Waals surface area contributed by atoms with Crippen LogP contribution in [0.3, 0.4) is 0 Å². The van der Waals surface area contributed by atoms with Crippen LogP contribution in [0.2, 0.25) is 0 Å². The summed E-state index contributed by atoms with van der Waals surface area (Å²) in [5.41, 5.74) is 4.94. The number of hydrogen-bond acceptors (Lipinski definition) is 6. The molecule has 0 aliphatic carbocycles. The molecule has 0 aliphatic heterocycles. The van der Waals surface area contributed by atoms with E-state index in [4.69, 9.17) is 20.4 Å². The van der Waals surface area contributed by atoms with Gasteiger partial charge >= 0.3 is 0 Å². The summed E-state index contributed by atoms with van der Waals surface area (Å²) in [7, 11) is 0. The summed E-state index contributed by atoms with van der Waals surface area (Å²) in [5, 5.41) is 24.9. The van der Waals surface area contributed by atoms with Gasteiger partial charge in [-0.3, -0.25) is 0 Å². The molecule has 0 bridgehead atoms. The predicted octanol–water partition coefficient (Wildman–Crippen LogP) is -0.711. The van der Waals surface area contributed by atoms with Gasteiger partial charge in [-0.1, -0.05) is 0 Å². The topological polar surface area (TPSA) is 105 Å². The maximum absolute atomic E-state index is 9.12. The van der Waals surface area contributed by atoms with Gasteiger partial charge in [-0.15, -0.1) is 10.2 Å². The second-order valence-electron chi connectivity index (χ2n) is 3.37. The maximum Gasteiger partial charge on any atom is 0.247 e. The molecular formula is C7H13N3O3. The van der Waals surface area contributed by atoms with Crippen LogP contribution in [0, 0.1) is 0 Å². The number of rotatable bonds is 3. The Morgan fingerprint density at radius 3 is 2.54 bits per heavy atom. The van der Waals surface area contributed by atoms with Gasteiger partial charge in [-0.25, -0.2) is 0 Å². The van der Waals surface area contributed by atoms with Gasteiger partial charge in [-0.2, -0.15) is 0 Å². The van der Waals surface area contributed by atoms with E-state index >= 15 is 0 Å². The molecule has 0 aliphatic rings. The van der Waals surface area contributed by atoms with Crippen molar-refractivity contribution < 1.29 is 14.6 Å². The average Bonchev–Trinajstić information content (AvgIpc) is 2.50. The van der Waals surface area contributed by atoms with Crippen molar-refractivity contribution in [1.29, 1.82) is 0 Å². The molecule has 6 heteroatoms. The molecular weight excluding hydrogens is 174 g/mol. The fourth-order valence-electron chi connectivity index (χ4n) is 0.708. The molecule has 0 radical (unpaired) electrons. The van der Waals surface area contributed by atoms with Crippen LogP contribution in [0.15, 0.2) is 4.42 Å². The molecule has 0 amide bonds. The quantitative estimate of drug-likeness (QED) is 0.577. The van der Waals surface area contributed by atoms with Gasteiger partial charge in [0.1, 0.15) is 0 Å². The van der Waals surface area contributed by atoms with Crippen LogP contribution in [0.4, 0.5) is 0 Å². The van der Waals surface area contributed by atoms with Gasteiger partial charge < -0.3 is 20.4 Å². The van der Waals surface area contributed by atoms with Gasteiger partial charge in [0, 0.05) is 0 Å². The molecule has 1 aromatic rings. The average molecular weight is 187 g/mol. The van der Waals surface area contributed by atoms with E-state index in [1.165, 1.54) is 0 Å². The monoisotopic (exact) mass is 187 g/mol. The largest absolute Gasteiger partial charge is 0.420 e. The van der Waals surface area contributed by atoms with Crippen LogP contribution in [-0.2, 0) is 5.54 Å². The van der Waals surface area contributed by atoms with Crippen molar-refractivity contribution in [2.75, 3.05) is 6.61 Å². The molecule has 6 nitrogen and oxygen atoms in total. The molecule has 1 heterocycles. The third-order valence-corrected chi connectivity index (χ3v) is 1.45. The van der Waals surface area contributed by atoms with Crippen LogP contribution in [-0.4, -0.2) is 27.0 Å². The minimum absolute atomic E-state index is 0.0176. The number of aromatic nitrogens is 2. The Morgan fingerprint density at radius 2 is 2.15 bits per heavy atom. The Bertz CT molecular complexity index is 279. The molecule has 4 N–H and O–H groups in total. The molecule has 1 unspecified atom stereocenters. The first-order valence-electron chi connectivity index (χ1n) is 3.87. The van der Waals surface area contributed by atoms with Crippen LogP contribution >= 0.6 is 0 Å². The van der Waals surface area contributed by atoms with Gasteiger partial charge in [0.25, 0.3) is 0 Å². The smallest absolute Gasteiger partial charge is 0.247 e. The predicted molar refractivity (Wildman–Crippen MR) is 43.6 cm³/mol. The van der Waals surface area contributed by atoms with Crippen molar-refractivity contribution in [2.45, 2.75) is 25.5 Å². The van der Waals surface area contributed by atoms with Crippen molar-refractivity contribution in [3.05, 3.63) is 11.8 Å². The second-order valence-corrected chi connectivity index (χ2v) is 3.37. The van der Waals surface area contributed by atoms with Crippen LogP contribution in [0.25, 0.3) is 0 Å². The Hall–Kier alpha value is -0.980. The van der Waals surface area contributed by atoms with Gasteiger partial charge in [0.15, 0.2) is 6.10 Å². The van der Waals surface area contributed by atoms with E-state index < -0.39 is 18.2 Å². The number of nitrogens with zero attached hydrogens (tertiary/aromatic N) is 2. The van der Waals surface area contributed by atoms with Gasteiger partial charge in [0.2, 0.25) is 11.8 Å². The van der Waals surface area contributed by atoms with E-state index in [0.717, 1.165) is 0 Å². The van der Waals surface area contributed by atoms with E-state index in [9.17, 15) is 0 Å². The molecule has 1 rings (SSSR count). The zero-order valence-electron chi connectivity index (χ0n) is 7.56. The van der Waals surface area contributed by atoms with Crippen molar-refractivity contribution in [2.24, 2.45) is 5.73 Å². The highest BCUT2D eigenvalue weighted by Crippen LogP contribution is 2.17.